The predicted octanol–water partition coefficient (Wildman–Crippen LogP) is 17.5. The first-order valence-electron chi connectivity index (χ1n) is 22.4. The van der Waals surface area contributed by atoms with Crippen molar-refractivity contribution in [2.24, 2.45) is 5.92 Å². The maximum absolute atomic E-state index is 2.97. The number of hydrogen-bond donors (Lipinski definition) is 0. The van der Waals surface area contributed by atoms with Gasteiger partial charge in [-0.25, -0.2) is 0 Å². The first-order chi connectivity index (χ1) is 22.7. The van der Waals surface area contributed by atoms with Crippen LogP contribution in [0.25, 0.3) is 0 Å². The normalized spacial score (nSPS) is 12.7. The van der Waals surface area contributed by atoms with Gasteiger partial charge in [-0.3, -0.25) is 0 Å². The highest BCUT2D eigenvalue weighted by atomic mass is 31.2. The Morgan fingerprint density at radius 3 is 0.809 bits per heavy atom. The Hall–Kier alpha value is 0.860. The molecule has 47 heavy (non-hydrogen) atoms. The van der Waals surface area contributed by atoms with Crippen LogP contribution < -0.4 is 0 Å². The van der Waals surface area contributed by atoms with E-state index in [-0.39, 0.29) is 0 Å². The molecule has 0 aromatic rings. The average molecular weight is 700 g/mol. The zero-order chi connectivity index (χ0) is 35.3. The molecule has 0 aromatic heterocycles. The lowest BCUT2D eigenvalue weighted by Gasteiger charge is -2.28. The second kappa shape index (κ2) is 38.1. The molecule has 0 saturated carbocycles. The summed E-state index contributed by atoms with van der Waals surface area (Å²) in [6.07, 6.45) is 52.0. The van der Waals surface area contributed by atoms with Crippen molar-refractivity contribution in [3.8, 4) is 0 Å². The minimum Gasteiger partial charge on any atom is -0.131 e. The summed E-state index contributed by atoms with van der Waals surface area (Å²) in [5, 5.41) is 0.420. The summed E-state index contributed by atoms with van der Waals surface area (Å²) >= 11 is 0. The fourth-order valence-electron chi connectivity index (χ4n) is 7.18. The maximum Gasteiger partial charge on any atom is 0.0594 e. The van der Waals surface area contributed by atoms with E-state index in [1.165, 1.54) is 173 Å². The zero-order valence-corrected chi connectivity index (χ0v) is 36.9. The summed E-state index contributed by atoms with van der Waals surface area (Å²) in [6.45, 7) is 18.7. The van der Waals surface area contributed by atoms with E-state index in [0.717, 1.165) is 5.92 Å². The van der Waals surface area contributed by atoms with E-state index in [4.69, 9.17) is 0 Å². The Bertz CT molecular complexity index is 495. The van der Waals surface area contributed by atoms with E-state index in [1.54, 1.807) is 50.3 Å². The molecular weight excluding hydrogens is 602 g/mol. The van der Waals surface area contributed by atoms with Gasteiger partial charge in [0.1, 0.15) is 0 Å². The van der Waals surface area contributed by atoms with Crippen LogP contribution in [0.1, 0.15) is 254 Å². The molecular formula is C45H97P2+. The summed E-state index contributed by atoms with van der Waals surface area (Å²) in [5.74, 6) is 0.832. The van der Waals surface area contributed by atoms with Crippen molar-refractivity contribution in [3.63, 3.8) is 0 Å². The summed E-state index contributed by atoms with van der Waals surface area (Å²) < 4.78 is 0. The van der Waals surface area contributed by atoms with Crippen molar-refractivity contribution >= 4 is 16.5 Å². The lowest BCUT2D eigenvalue weighted by molar-refractivity contribution is 0.407. The van der Waals surface area contributed by atoms with Gasteiger partial charge in [0.25, 0.3) is 0 Å². The first kappa shape index (κ1) is 50.0. The minimum absolute atomic E-state index is 0.420. The van der Waals surface area contributed by atoms with Crippen LogP contribution in [-0.4, -0.2) is 29.8 Å². The Morgan fingerprint density at radius 2 is 0.574 bits per heavy atom. The molecule has 0 fully saturated rings. The smallest absolute Gasteiger partial charge is 0.0594 e. The molecule has 0 rings (SSSR count). The van der Waals surface area contributed by atoms with Gasteiger partial charge in [-0.1, -0.05) is 197 Å². The topological polar surface area (TPSA) is 0 Å². The van der Waals surface area contributed by atoms with Crippen molar-refractivity contribution in [2.75, 3.05) is 24.6 Å². The lowest BCUT2D eigenvalue weighted by Crippen LogP contribution is -2.20. The van der Waals surface area contributed by atoms with Crippen molar-refractivity contribution in [1.82, 2.24) is 0 Å². The van der Waals surface area contributed by atoms with E-state index in [1.807, 2.05) is 0 Å². The van der Waals surface area contributed by atoms with Gasteiger partial charge in [-0.05, 0) is 68.9 Å². The Kier molecular flexibility index (Phi) is 40.5. The van der Waals surface area contributed by atoms with E-state index in [2.05, 4.69) is 64.6 Å². The van der Waals surface area contributed by atoms with Crippen LogP contribution in [0.5, 0.6) is 0 Å². The van der Waals surface area contributed by atoms with Crippen molar-refractivity contribution < 1.29 is 0 Å². The third kappa shape index (κ3) is 36.5. The molecule has 0 aliphatic carbocycles. The predicted molar refractivity (Wildman–Crippen MR) is 231 cm³/mol. The highest BCUT2D eigenvalue weighted by Gasteiger charge is 2.35. The molecule has 0 heterocycles. The average Bonchev–Trinajstić information content (AvgIpc) is 3.05. The highest BCUT2D eigenvalue weighted by molar-refractivity contribution is 7.75. The van der Waals surface area contributed by atoms with Crippen LogP contribution in [0.2, 0.25) is 0 Å². The molecule has 0 N–H and O–H groups in total. The lowest BCUT2D eigenvalue weighted by atomic mass is 9.91. The second-order valence-corrected chi connectivity index (χ2v) is 22.5. The standard InChI is InChI=1S/C32H68P.C13H29P/c1-5-9-13-17-21-25-29-33(30-26-22-18-14-10-6-2,31-27-23-19-15-11-7-3)32-28-24-20-16-12-8-4;1-5-6-7-8-9-10-11-12(2)13(3,4)14/h5-32H2,1-4H3;12H,5-11,14H2,1-4H3/q+1;. The third-order valence-corrected chi connectivity index (χ3v) is 16.8. The zero-order valence-electron chi connectivity index (χ0n) is 34.9. The highest BCUT2D eigenvalue weighted by Crippen LogP contribution is 2.61. The van der Waals surface area contributed by atoms with Crippen LogP contribution in [-0.2, 0) is 0 Å². The summed E-state index contributed by atoms with van der Waals surface area (Å²) in [4.78, 5) is 0. The number of rotatable bonds is 36. The maximum atomic E-state index is 2.97. The van der Waals surface area contributed by atoms with Gasteiger partial charge in [0.2, 0.25) is 0 Å². The molecule has 2 heteroatoms. The molecule has 0 amide bonds. The van der Waals surface area contributed by atoms with Crippen LogP contribution in [0.4, 0.5) is 0 Å². The Balaban J connectivity index is 0. The molecule has 0 aromatic carbocycles. The molecule has 2 unspecified atom stereocenters. The fraction of sp³-hybridized carbons (Fsp3) is 1.00. The fourth-order valence-corrected chi connectivity index (χ4v) is 12.3. The van der Waals surface area contributed by atoms with Crippen molar-refractivity contribution in [3.05, 3.63) is 0 Å². The summed E-state index contributed by atoms with van der Waals surface area (Å²) in [5.41, 5.74) is 0. The van der Waals surface area contributed by atoms with Crippen molar-refractivity contribution in [1.29, 1.82) is 0 Å². The molecule has 0 saturated heterocycles. The minimum atomic E-state index is -0.718. The van der Waals surface area contributed by atoms with Crippen LogP contribution in [0.3, 0.4) is 0 Å². The Labute approximate surface area is 305 Å². The van der Waals surface area contributed by atoms with Gasteiger partial charge in [-0.15, -0.1) is 9.24 Å². The van der Waals surface area contributed by atoms with E-state index in [9.17, 15) is 0 Å². The molecule has 0 bridgehead atoms. The van der Waals surface area contributed by atoms with Crippen molar-refractivity contribution in [2.45, 2.75) is 260 Å². The first-order valence-corrected chi connectivity index (χ1v) is 25.5. The Morgan fingerprint density at radius 1 is 0.362 bits per heavy atom. The van der Waals surface area contributed by atoms with E-state index < -0.39 is 7.26 Å². The molecule has 0 aliphatic rings. The van der Waals surface area contributed by atoms with Crippen LogP contribution in [0.15, 0.2) is 0 Å². The largest absolute Gasteiger partial charge is 0.131 e. The monoisotopic (exact) mass is 700 g/mol. The van der Waals surface area contributed by atoms with Gasteiger partial charge in [0.05, 0.1) is 24.6 Å². The molecule has 0 nitrogen and oxygen atoms in total. The summed E-state index contributed by atoms with van der Waals surface area (Å²) in [7, 11) is 2.25. The van der Waals surface area contributed by atoms with Gasteiger partial charge in [0.15, 0.2) is 0 Å². The molecule has 0 aliphatic heterocycles. The number of unbranched alkanes of at least 4 members (excludes halogenated alkanes) is 25. The van der Waals surface area contributed by atoms with Gasteiger partial charge in [-0.2, -0.15) is 0 Å². The van der Waals surface area contributed by atoms with E-state index >= 15 is 0 Å². The molecule has 2 atom stereocenters. The van der Waals surface area contributed by atoms with Crippen LogP contribution in [0, 0.1) is 5.92 Å². The van der Waals surface area contributed by atoms with Gasteiger partial charge >= 0.3 is 0 Å². The third-order valence-electron chi connectivity index (χ3n) is 11.2. The summed E-state index contributed by atoms with van der Waals surface area (Å²) in [6, 6.07) is 0. The van der Waals surface area contributed by atoms with Gasteiger partial charge < -0.3 is 0 Å². The van der Waals surface area contributed by atoms with E-state index in [0.29, 0.717) is 5.16 Å². The molecule has 0 radical (unpaired) electrons. The molecule has 286 valence electrons. The van der Waals surface area contributed by atoms with Crippen LogP contribution >= 0.6 is 16.5 Å². The SMILES string of the molecule is CCCCCCCCC(C)C(C)(C)P.CCCCCCCC[P+](CCCCCCCC)(CCCCCCCC)CCCCCCCC. The quantitative estimate of drug-likeness (QED) is 0.0451. The molecule has 0 spiro atoms. The number of hydrogen-bond acceptors (Lipinski definition) is 0. The second-order valence-electron chi connectivity index (χ2n) is 16.6. The van der Waals surface area contributed by atoms with Gasteiger partial charge in [0, 0.05) is 7.26 Å².